The van der Waals surface area contributed by atoms with Crippen LogP contribution in [-0.4, -0.2) is 53.0 Å². The molecule has 1 N–H and O–H groups in total. The summed E-state index contributed by atoms with van der Waals surface area (Å²) in [5.41, 5.74) is -0.177. The minimum Gasteiger partial charge on any atom is -0.334 e. The quantitative estimate of drug-likeness (QED) is 0.794. The van der Waals surface area contributed by atoms with Crippen molar-refractivity contribution in [2.75, 3.05) is 19.6 Å². The first-order valence-electron chi connectivity index (χ1n) is 8.69. The van der Waals surface area contributed by atoms with Crippen LogP contribution in [0.1, 0.15) is 52.9 Å². The van der Waals surface area contributed by atoms with Crippen molar-refractivity contribution < 1.29 is 9.59 Å². The average Bonchev–Trinajstić information content (AvgIpc) is 2.52. The number of nitrogens with one attached hydrogen (secondary N) is 1. The van der Waals surface area contributed by atoms with Gasteiger partial charge in [0, 0.05) is 26.6 Å². The molecule has 128 valence electrons. The molecule has 2 rings (SSSR count). The maximum absolute atomic E-state index is 12.6. The molecule has 0 aromatic carbocycles. The summed E-state index contributed by atoms with van der Waals surface area (Å²) in [6.07, 6.45) is 10.9. The molecular formula is C18H29N3O2. The van der Waals surface area contributed by atoms with Crippen molar-refractivity contribution in [1.29, 1.82) is 0 Å². The minimum absolute atomic E-state index is 0.102. The third kappa shape index (κ3) is 3.80. The highest BCUT2D eigenvalue weighted by Crippen LogP contribution is 2.36. The van der Waals surface area contributed by atoms with Crippen LogP contribution in [0.5, 0.6) is 0 Å². The van der Waals surface area contributed by atoms with Crippen LogP contribution in [0.25, 0.3) is 0 Å². The molecule has 0 bridgehead atoms. The first-order chi connectivity index (χ1) is 10.9. The van der Waals surface area contributed by atoms with Crippen molar-refractivity contribution >= 4 is 11.9 Å². The number of hydrogen-bond acceptors (Lipinski definition) is 2. The predicted octanol–water partition coefficient (Wildman–Crippen LogP) is 2.22. The Kier molecular flexibility index (Phi) is 5.56. The Hall–Kier alpha value is -1.70. The van der Waals surface area contributed by atoms with Gasteiger partial charge < -0.3 is 15.1 Å². The highest BCUT2D eigenvalue weighted by atomic mass is 16.2. The molecule has 0 aromatic heterocycles. The van der Waals surface area contributed by atoms with Crippen molar-refractivity contribution in [3.63, 3.8) is 0 Å². The second kappa shape index (κ2) is 7.25. The fourth-order valence-electron chi connectivity index (χ4n) is 3.91. The lowest BCUT2D eigenvalue weighted by atomic mass is 9.78. The van der Waals surface area contributed by atoms with E-state index in [4.69, 9.17) is 6.42 Å². The Morgan fingerprint density at radius 3 is 2.35 bits per heavy atom. The van der Waals surface area contributed by atoms with Crippen molar-refractivity contribution in [1.82, 2.24) is 15.1 Å². The van der Waals surface area contributed by atoms with Crippen molar-refractivity contribution in [3.8, 4) is 12.3 Å². The molecule has 2 fully saturated rings. The lowest BCUT2D eigenvalue weighted by molar-refractivity contribution is -0.141. The Balaban J connectivity index is 2.09. The van der Waals surface area contributed by atoms with Crippen LogP contribution < -0.4 is 5.32 Å². The smallest absolute Gasteiger partial charge is 0.318 e. The number of carbonyl (C=O) groups is 2. The van der Waals surface area contributed by atoms with Gasteiger partial charge in [-0.3, -0.25) is 4.79 Å². The summed E-state index contributed by atoms with van der Waals surface area (Å²) < 4.78 is 0. The summed E-state index contributed by atoms with van der Waals surface area (Å²) in [6, 6.07) is -0.356. The van der Waals surface area contributed by atoms with E-state index in [-0.39, 0.29) is 29.4 Å². The van der Waals surface area contributed by atoms with E-state index in [9.17, 15) is 9.59 Å². The molecule has 2 aliphatic rings. The molecule has 5 nitrogen and oxygen atoms in total. The average molecular weight is 319 g/mol. The van der Waals surface area contributed by atoms with Gasteiger partial charge in [-0.05, 0) is 18.8 Å². The molecule has 1 aliphatic carbocycles. The van der Waals surface area contributed by atoms with Crippen LogP contribution in [0, 0.1) is 18.3 Å². The van der Waals surface area contributed by atoms with Gasteiger partial charge in [0.1, 0.15) is 0 Å². The van der Waals surface area contributed by atoms with Gasteiger partial charge in [0.25, 0.3) is 0 Å². The van der Waals surface area contributed by atoms with Gasteiger partial charge in [0.2, 0.25) is 5.91 Å². The summed E-state index contributed by atoms with van der Waals surface area (Å²) in [6.45, 7) is 7.45. The number of rotatable bonds is 2. The van der Waals surface area contributed by atoms with Gasteiger partial charge in [-0.15, -0.1) is 6.42 Å². The lowest BCUT2D eigenvalue weighted by Gasteiger charge is -2.52. The van der Waals surface area contributed by atoms with E-state index in [2.05, 4.69) is 11.2 Å². The molecule has 1 atom stereocenters. The van der Waals surface area contributed by atoms with E-state index in [1.54, 1.807) is 6.92 Å². The van der Waals surface area contributed by atoms with Gasteiger partial charge in [0.05, 0.1) is 11.6 Å². The minimum atomic E-state index is -0.254. The topological polar surface area (TPSA) is 52.7 Å². The standard InChI is InChI=1S/C18H29N3O2/c1-5-16(14(2)3)19-17(23)20-11-12-21(15(4)22)18(13-20)9-7-6-8-10-18/h1,14,16H,6-13H2,2-4H3,(H,19,23)/t16-/m0/s1. The van der Waals surface area contributed by atoms with Crippen molar-refractivity contribution in [2.24, 2.45) is 5.92 Å². The van der Waals surface area contributed by atoms with E-state index in [1.807, 2.05) is 23.6 Å². The normalized spacial score (nSPS) is 21.9. The molecule has 5 heteroatoms. The van der Waals surface area contributed by atoms with E-state index in [0.29, 0.717) is 19.6 Å². The second-order valence-corrected chi connectivity index (χ2v) is 7.22. The molecule has 23 heavy (non-hydrogen) atoms. The largest absolute Gasteiger partial charge is 0.334 e. The van der Waals surface area contributed by atoms with Crippen LogP contribution in [0.15, 0.2) is 0 Å². The molecular weight excluding hydrogens is 290 g/mol. The van der Waals surface area contributed by atoms with Crippen LogP contribution >= 0.6 is 0 Å². The summed E-state index contributed by atoms with van der Waals surface area (Å²) >= 11 is 0. The van der Waals surface area contributed by atoms with Gasteiger partial charge in [-0.1, -0.05) is 39.0 Å². The Morgan fingerprint density at radius 1 is 1.17 bits per heavy atom. The number of piperazine rings is 1. The number of terminal acetylenes is 1. The number of amides is 3. The number of hydrogen-bond donors (Lipinski definition) is 1. The SMILES string of the molecule is C#C[C@H](NC(=O)N1CCN(C(C)=O)C2(CCCCC2)C1)C(C)C. The zero-order chi connectivity index (χ0) is 17.0. The van der Waals surface area contributed by atoms with E-state index < -0.39 is 0 Å². The maximum atomic E-state index is 12.6. The zero-order valence-corrected chi connectivity index (χ0v) is 14.6. The fourth-order valence-corrected chi connectivity index (χ4v) is 3.91. The molecule has 1 spiro atoms. The summed E-state index contributed by atoms with van der Waals surface area (Å²) in [5.74, 6) is 2.97. The van der Waals surface area contributed by atoms with E-state index in [1.165, 1.54) is 6.42 Å². The third-order valence-electron chi connectivity index (χ3n) is 5.23. The van der Waals surface area contributed by atoms with E-state index >= 15 is 0 Å². The summed E-state index contributed by atoms with van der Waals surface area (Å²) in [7, 11) is 0. The number of urea groups is 1. The molecule has 0 radical (unpaired) electrons. The first kappa shape index (κ1) is 17.7. The molecule has 3 amide bonds. The molecule has 0 aromatic rings. The van der Waals surface area contributed by atoms with Crippen molar-refractivity contribution in [2.45, 2.75) is 64.5 Å². The van der Waals surface area contributed by atoms with Crippen molar-refractivity contribution in [3.05, 3.63) is 0 Å². The molecule has 1 heterocycles. The molecule has 1 saturated carbocycles. The first-order valence-corrected chi connectivity index (χ1v) is 8.69. The Labute approximate surface area is 139 Å². The zero-order valence-electron chi connectivity index (χ0n) is 14.6. The second-order valence-electron chi connectivity index (χ2n) is 7.22. The van der Waals surface area contributed by atoms with Crippen LogP contribution in [-0.2, 0) is 4.79 Å². The van der Waals surface area contributed by atoms with Gasteiger partial charge in [-0.2, -0.15) is 0 Å². The maximum Gasteiger partial charge on any atom is 0.318 e. The number of carbonyl (C=O) groups excluding carboxylic acids is 2. The third-order valence-corrected chi connectivity index (χ3v) is 5.23. The molecule has 1 saturated heterocycles. The summed E-state index contributed by atoms with van der Waals surface area (Å²) in [4.78, 5) is 28.5. The van der Waals surface area contributed by atoms with Crippen LogP contribution in [0.4, 0.5) is 4.79 Å². The van der Waals surface area contributed by atoms with Gasteiger partial charge >= 0.3 is 6.03 Å². The highest BCUT2D eigenvalue weighted by Gasteiger charge is 2.44. The Bertz CT molecular complexity index is 489. The fraction of sp³-hybridized carbons (Fsp3) is 0.778. The van der Waals surface area contributed by atoms with Crippen LogP contribution in [0.3, 0.4) is 0 Å². The monoisotopic (exact) mass is 319 g/mol. The Morgan fingerprint density at radius 2 is 1.83 bits per heavy atom. The van der Waals surface area contributed by atoms with E-state index in [0.717, 1.165) is 25.7 Å². The molecule has 1 aliphatic heterocycles. The highest BCUT2D eigenvalue weighted by molar-refractivity contribution is 5.77. The van der Waals surface area contributed by atoms with Gasteiger partial charge in [-0.25, -0.2) is 4.79 Å². The predicted molar refractivity (Wildman–Crippen MR) is 90.8 cm³/mol. The summed E-state index contributed by atoms with van der Waals surface area (Å²) in [5, 5.41) is 2.95. The lowest BCUT2D eigenvalue weighted by Crippen LogP contribution is -2.66. The van der Waals surface area contributed by atoms with Gasteiger partial charge in [0.15, 0.2) is 0 Å². The van der Waals surface area contributed by atoms with Crippen LogP contribution in [0.2, 0.25) is 0 Å². The molecule has 0 unspecified atom stereocenters. The number of nitrogens with zero attached hydrogens (tertiary/aromatic N) is 2.